The van der Waals surface area contributed by atoms with Crippen LogP contribution in [-0.4, -0.2) is 25.5 Å². The number of carbonyl (C=O) groups excluding carboxylic acids is 2. The molecule has 0 aliphatic heterocycles. The molecule has 0 radical (unpaired) electrons. The van der Waals surface area contributed by atoms with Crippen molar-refractivity contribution in [3.8, 4) is 0 Å². The van der Waals surface area contributed by atoms with Gasteiger partial charge in [-0.15, -0.1) is 11.3 Å². The Labute approximate surface area is 117 Å². The van der Waals surface area contributed by atoms with Crippen molar-refractivity contribution in [3.05, 3.63) is 21.4 Å². The zero-order valence-electron chi connectivity index (χ0n) is 11.2. The van der Waals surface area contributed by atoms with E-state index in [1.807, 2.05) is 5.38 Å². The first-order valence-electron chi connectivity index (χ1n) is 6.66. The van der Waals surface area contributed by atoms with Crippen LogP contribution in [0.2, 0.25) is 0 Å². The highest BCUT2D eigenvalue weighted by Gasteiger charge is 2.19. The molecule has 1 aliphatic carbocycles. The Morgan fingerprint density at radius 1 is 1.37 bits per heavy atom. The van der Waals surface area contributed by atoms with E-state index in [2.05, 4.69) is 10.1 Å². The first-order chi connectivity index (χ1) is 9.22. The second-order valence-corrected chi connectivity index (χ2v) is 5.66. The van der Waals surface area contributed by atoms with Gasteiger partial charge in [0, 0.05) is 23.2 Å². The van der Waals surface area contributed by atoms with Crippen molar-refractivity contribution in [2.75, 3.05) is 13.7 Å². The van der Waals surface area contributed by atoms with E-state index in [4.69, 9.17) is 0 Å². The van der Waals surface area contributed by atoms with Gasteiger partial charge in [0.1, 0.15) is 0 Å². The number of esters is 1. The first-order valence-corrected chi connectivity index (χ1v) is 7.54. The number of aryl methyl sites for hydroxylation is 1. The Balaban J connectivity index is 1.83. The minimum Gasteiger partial charge on any atom is -0.469 e. The number of thiophene rings is 1. The van der Waals surface area contributed by atoms with Crippen LogP contribution in [0.1, 0.15) is 46.5 Å². The maximum absolute atomic E-state index is 12.1. The van der Waals surface area contributed by atoms with E-state index in [0.29, 0.717) is 19.4 Å². The number of rotatable bonds is 5. The molecule has 0 bridgehead atoms. The highest BCUT2D eigenvalue weighted by molar-refractivity contribution is 7.10. The summed E-state index contributed by atoms with van der Waals surface area (Å²) in [6.07, 6.45) is 5.49. The van der Waals surface area contributed by atoms with Gasteiger partial charge < -0.3 is 10.1 Å². The standard InChI is InChI=1S/C14H19NO3S/c1-18-13(16)7-4-8-15-14(17)11-9-19-12-6-3-2-5-10(11)12/h9H,2-8H2,1H3,(H,15,17). The normalized spacial score (nSPS) is 13.7. The number of amides is 1. The summed E-state index contributed by atoms with van der Waals surface area (Å²) in [6.45, 7) is 0.512. The quantitative estimate of drug-likeness (QED) is 0.665. The van der Waals surface area contributed by atoms with E-state index in [9.17, 15) is 9.59 Å². The molecule has 5 heteroatoms. The summed E-state index contributed by atoms with van der Waals surface area (Å²) in [5.74, 6) is -0.244. The molecule has 0 saturated heterocycles. The predicted octanol–water partition coefficient (Wildman–Crippen LogP) is 2.31. The molecule has 0 unspecified atom stereocenters. The molecule has 19 heavy (non-hydrogen) atoms. The van der Waals surface area contributed by atoms with Crippen LogP contribution in [0.15, 0.2) is 5.38 Å². The largest absolute Gasteiger partial charge is 0.469 e. The summed E-state index contributed by atoms with van der Waals surface area (Å²) in [6, 6.07) is 0. The van der Waals surface area contributed by atoms with Gasteiger partial charge in [-0.3, -0.25) is 9.59 Å². The number of hydrogen-bond donors (Lipinski definition) is 1. The number of nitrogens with one attached hydrogen (secondary N) is 1. The molecular weight excluding hydrogens is 262 g/mol. The lowest BCUT2D eigenvalue weighted by Crippen LogP contribution is -2.25. The van der Waals surface area contributed by atoms with E-state index in [-0.39, 0.29) is 11.9 Å². The fourth-order valence-corrected chi connectivity index (χ4v) is 3.44. The number of methoxy groups -OCH3 is 1. The lowest BCUT2D eigenvalue weighted by atomic mass is 9.95. The number of ether oxygens (including phenoxy) is 1. The third kappa shape index (κ3) is 3.56. The molecule has 0 saturated carbocycles. The molecule has 1 N–H and O–H groups in total. The lowest BCUT2D eigenvalue weighted by Gasteiger charge is -2.12. The van der Waals surface area contributed by atoms with Crippen LogP contribution >= 0.6 is 11.3 Å². The lowest BCUT2D eigenvalue weighted by molar-refractivity contribution is -0.140. The maximum Gasteiger partial charge on any atom is 0.305 e. The second-order valence-electron chi connectivity index (χ2n) is 4.69. The van der Waals surface area contributed by atoms with Gasteiger partial charge in [-0.1, -0.05) is 0 Å². The molecule has 4 nitrogen and oxygen atoms in total. The molecule has 1 aromatic rings. The molecule has 1 amide bonds. The van der Waals surface area contributed by atoms with Gasteiger partial charge in [-0.2, -0.15) is 0 Å². The van der Waals surface area contributed by atoms with Crippen molar-refractivity contribution in [1.82, 2.24) is 5.32 Å². The van der Waals surface area contributed by atoms with E-state index >= 15 is 0 Å². The predicted molar refractivity (Wildman–Crippen MR) is 74.5 cm³/mol. The highest BCUT2D eigenvalue weighted by atomic mass is 32.1. The van der Waals surface area contributed by atoms with E-state index < -0.39 is 0 Å². The minimum absolute atomic E-state index is 0.00994. The number of hydrogen-bond acceptors (Lipinski definition) is 4. The van der Waals surface area contributed by atoms with Gasteiger partial charge in [-0.25, -0.2) is 0 Å². The third-order valence-electron chi connectivity index (χ3n) is 3.38. The Morgan fingerprint density at radius 3 is 2.95 bits per heavy atom. The zero-order valence-corrected chi connectivity index (χ0v) is 12.0. The van der Waals surface area contributed by atoms with Crippen molar-refractivity contribution in [2.24, 2.45) is 0 Å². The maximum atomic E-state index is 12.1. The van der Waals surface area contributed by atoms with Crippen LogP contribution in [0, 0.1) is 0 Å². The first kappa shape index (κ1) is 14.1. The molecule has 2 rings (SSSR count). The van der Waals surface area contributed by atoms with Gasteiger partial charge in [0.15, 0.2) is 0 Å². The molecule has 1 heterocycles. The van der Waals surface area contributed by atoms with Crippen LogP contribution in [0.5, 0.6) is 0 Å². The molecule has 0 aromatic carbocycles. The summed E-state index contributed by atoms with van der Waals surface area (Å²) in [5, 5.41) is 4.84. The van der Waals surface area contributed by atoms with Crippen LogP contribution in [0.3, 0.4) is 0 Å². The van der Waals surface area contributed by atoms with Crippen molar-refractivity contribution in [2.45, 2.75) is 38.5 Å². The van der Waals surface area contributed by atoms with Crippen molar-refractivity contribution in [3.63, 3.8) is 0 Å². The van der Waals surface area contributed by atoms with Crippen LogP contribution in [0.4, 0.5) is 0 Å². The van der Waals surface area contributed by atoms with Crippen molar-refractivity contribution in [1.29, 1.82) is 0 Å². The minimum atomic E-state index is -0.234. The van der Waals surface area contributed by atoms with E-state index in [1.165, 1.54) is 30.4 Å². The van der Waals surface area contributed by atoms with E-state index in [0.717, 1.165) is 18.4 Å². The molecule has 104 valence electrons. The SMILES string of the molecule is COC(=O)CCCNC(=O)c1csc2c1CCCC2. The number of fused-ring (bicyclic) bond motifs is 1. The summed E-state index contributed by atoms with van der Waals surface area (Å²) in [5.41, 5.74) is 2.07. The third-order valence-corrected chi connectivity index (χ3v) is 4.47. The average Bonchev–Trinajstić information content (AvgIpc) is 2.87. The van der Waals surface area contributed by atoms with Gasteiger partial charge in [0.05, 0.1) is 12.7 Å². The van der Waals surface area contributed by atoms with Gasteiger partial charge >= 0.3 is 5.97 Å². The highest BCUT2D eigenvalue weighted by Crippen LogP contribution is 2.30. The van der Waals surface area contributed by atoms with Gasteiger partial charge in [0.2, 0.25) is 0 Å². The smallest absolute Gasteiger partial charge is 0.305 e. The van der Waals surface area contributed by atoms with E-state index in [1.54, 1.807) is 11.3 Å². The van der Waals surface area contributed by atoms with Crippen molar-refractivity contribution >= 4 is 23.2 Å². The van der Waals surface area contributed by atoms with Gasteiger partial charge in [0.25, 0.3) is 5.91 Å². The second kappa shape index (κ2) is 6.70. The molecule has 0 atom stereocenters. The van der Waals surface area contributed by atoms with Crippen LogP contribution in [0.25, 0.3) is 0 Å². The molecule has 0 spiro atoms. The summed E-state index contributed by atoms with van der Waals surface area (Å²) < 4.78 is 4.55. The average molecular weight is 281 g/mol. The zero-order chi connectivity index (χ0) is 13.7. The fourth-order valence-electron chi connectivity index (χ4n) is 2.32. The Hall–Kier alpha value is -1.36. The monoisotopic (exact) mass is 281 g/mol. The summed E-state index contributed by atoms with van der Waals surface area (Å²) in [4.78, 5) is 24.4. The Morgan fingerprint density at radius 2 is 2.16 bits per heavy atom. The molecule has 1 aliphatic rings. The Kier molecular flexibility index (Phi) is 4.96. The molecular formula is C14H19NO3S. The number of carbonyl (C=O) groups is 2. The molecule has 1 aromatic heterocycles. The summed E-state index contributed by atoms with van der Waals surface area (Å²) >= 11 is 1.69. The fraction of sp³-hybridized carbons (Fsp3) is 0.571. The topological polar surface area (TPSA) is 55.4 Å². The Bertz CT molecular complexity index is 467. The summed E-state index contributed by atoms with van der Waals surface area (Å²) in [7, 11) is 1.37. The van der Waals surface area contributed by atoms with Crippen LogP contribution < -0.4 is 5.32 Å². The van der Waals surface area contributed by atoms with Crippen LogP contribution in [-0.2, 0) is 22.4 Å². The van der Waals surface area contributed by atoms with Gasteiger partial charge in [-0.05, 0) is 37.7 Å². The van der Waals surface area contributed by atoms with Crippen molar-refractivity contribution < 1.29 is 14.3 Å². The molecule has 0 fully saturated rings.